The molecule has 4 atom stereocenters. The van der Waals surface area contributed by atoms with Crippen LogP contribution in [-0.4, -0.2) is 22.8 Å². The summed E-state index contributed by atoms with van der Waals surface area (Å²) in [5, 5.41) is 10.6. The van der Waals surface area contributed by atoms with Crippen molar-refractivity contribution in [1.82, 2.24) is 0 Å². The second-order valence-corrected chi connectivity index (χ2v) is 7.71. The molecule has 0 heterocycles. The minimum absolute atomic E-state index is 0.0755. The summed E-state index contributed by atoms with van der Waals surface area (Å²) in [6, 6.07) is 9.58. The van der Waals surface area contributed by atoms with Crippen molar-refractivity contribution in [3.05, 3.63) is 35.9 Å². The molecule has 1 fully saturated rings. The molecule has 0 radical (unpaired) electrons. The maximum Gasteiger partial charge on any atom is 0.338 e. The van der Waals surface area contributed by atoms with E-state index in [-0.39, 0.29) is 12.5 Å². The van der Waals surface area contributed by atoms with Gasteiger partial charge in [0.15, 0.2) is 5.60 Å². The fourth-order valence-electron chi connectivity index (χ4n) is 3.58. The number of carbonyl (C=O) groups excluding carboxylic acids is 1. The van der Waals surface area contributed by atoms with Crippen molar-refractivity contribution >= 4 is 5.97 Å². The molecule has 0 unspecified atom stereocenters. The van der Waals surface area contributed by atoms with Gasteiger partial charge in [0.1, 0.15) is 6.10 Å². The zero-order valence-corrected chi connectivity index (χ0v) is 14.8. The van der Waals surface area contributed by atoms with E-state index >= 15 is 0 Å². The number of aliphatic hydroxyl groups is 1. The van der Waals surface area contributed by atoms with E-state index in [2.05, 4.69) is 20.8 Å². The standard InChI is InChI=1S/C20H30O3/c1-14(2)17-11-10-15(3)12-18(17)23-19(21)20(4,22)13-16-8-6-5-7-9-16/h5-9,14-15,17-18,22H,10-13H2,1-4H3/t15-,17+,18-,20-/m1/s1. The molecule has 0 aromatic heterocycles. The summed E-state index contributed by atoms with van der Waals surface area (Å²) in [6.07, 6.45) is 3.39. The molecule has 0 bridgehead atoms. The van der Waals surface area contributed by atoms with Crippen LogP contribution in [0.3, 0.4) is 0 Å². The Morgan fingerprint density at radius 2 is 1.96 bits per heavy atom. The molecule has 0 amide bonds. The van der Waals surface area contributed by atoms with Crippen LogP contribution in [0.4, 0.5) is 0 Å². The highest BCUT2D eigenvalue weighted by Crippen LogP contribution is 2.36. The zero-order valence-electron chi connectivity index (χ0n) is 14.8. The van der Waals surface area contributed by atoms with E-state index in [0.717, 1.165) is 18.4 Å². The summed E-state index contributed by atoms with van der Waals surface area (Å²) in [4.78, 5) is 12.5. The molecule has 128 valence electrons. The van der Waals surface area contributed by atoms with Gasteiger partial charge in [0.05, 0.1) is 0 Å². The van der Waals surface area contributed by atoms with Crippen molar-refractivity contribution in [2.75, 3.05) is 0 Å². The summed E-state index contributed by atoms with van der Waals surface area (Å²) in [6.45, 7) is 8.13. The number of carbonyl (C=O) groups is 1. The average molecular weight is 318 g/mol. The van der Waals surface area contributed by atoms with E-state index < -0.39 is 11.6 Å². The Balaban J connectivity index is 2.03. The molecule has 1 aliphatic rings. The van der Waals surface area contributed by atoms with Crippen molar-refractivity contribution < 1.29 is 14.6 Å². The lowest BCUT2D eigenvalue weighted by atomic mass is 9.75. The third-order valence-electron chi connectivity index (χ3n) is 5.05. The van der Waals surface area contributed by atoms with Crippen LogP contribution in [0.25, 0.3) is 0 Å². The largest absolute Gasteiger partial charge is 0.460 e. The molecule has 0 aliphatic heterocycles. The highest BCUT2D eigenvalue weighted by atomic mass is 16.6. The maximum atomic E-state index is 12.5. The highest BCUT2D eigenvalue weighted by Gasteiger charge is 2.38. The van der Waals surface area contributed by atoms with Gasteiger partial charge >= 0.3 is 5.97 Å². The first kappa shape index (κ1) is 18.0. The predicted octanol–water partition coefficient (Wildman–Crippen LogP) is 3.98. The summed E-state index contributed by atoms with van der Waals surface area (Å²) in [5.74, 6) is 0.954. The van der Waals surface area contributed by atoms with Gasteiger partial charge in [-0.1, -0.05) is 57.5 Å². The molecule has 0 saturated heterocycles. The van der Waals surface area contributed by atoms with Crippen molar-refractivity contribution in [3.63, 3.8) is 0 Å². The van der Waals surface area contributed by atoms with Crippen LogP contribution in [0.15, 0.2) is 30.3 Å². The van der Waals surface area contributed by atoms with Crippen molar-refractivity contribution in [2.24, 2.45) is 17.8 Å². The Labute approximate surface area is 140 Å². The van der Waals surface area contributed by atoms with Gasteiger partial charge in [0.25, 0.3) is 0 Å². The third kappa shape index (κ3) is 4.81. The molecule has 0 spiro atoms. The SMILES string of the molecule is CC(C)[C@@H]1CC[C@@H](C)C[C@H]1OC(=O)[C@](C)(O)Cc1ccccc1. The van der Waals surface area contributed by atoms with E-state index in [1.165, 1.54) is 6.42 Å². The van der Waals surface area contributed by atoms with Gasteiger partial charge in [-0.25, -0.2) is 4.79 Å². The van der Waals surface area contributed by atoms with Crippen molar-refractivity contribution in [1.29, 1.82) is 0 Å². The molecule has 2 rings (SSSR count). The second-order valence-electron chi connectivity index (χ2n) is 7.71. The molecular formula is C20H30O3. The lowest BCUT2D eigenvalue weighted by molar-refractivity contribution is -0.175. The smallest absolute Gasteiger partial charge is 0.338 e. The number of hydrogen-bond donors (Lipinski definition) is 1. The normalized spacial score (nSPS) is 27.5. The first-order chi connectivity index (χ1) is 10.8. The van der Waals surface area contributed by atoms with E-state index in [1.54, 1.807) is 6.92 Å². The topological polar surface area (TPSA) is 46.5 Å². The monoisotopic (exact) mass is 318 g/mol. The Kier molecular flexibility index (Phi) is 5.85. The fourth-order valence-corrected chi connectivity index (χ4v) is 3.58. The number of hydrogen-bond acceptors (Lipinski definition) is 3. The fraction of sp³-hybridized carbons (Fsp3) is 0.650. The summed E-state index contributed by atoms with van der Waals surface area (Å²) >= 11 is 0. The van der Waals surface area contributed by atoms with Gasteiger partial charge in [0.2, 0.25) is 0 Å². The highest BCUT2D eigenvalue weighted by molar-refractivity contribution is 5.79. The first-order valence-corrected chi connectivity index (χ1v) is 8.77. The molecule has 1 aromatic rings. The third-order valence-corrected chi connectivity index (χ3v) is 5.05. The van der Waals surface area contributed by atoms with Crippen molar-refractivity contribution in [2.45, 2.75) is 65.1 Å². The molecule has 3 nitrogen and oxygen atoms in total. The molecule has 1 N–H and O–H groups in total. The zero-order chi connectivity index (χ0) is 17.0. The van der Waals surface area contributed by atoms with Gasteiger partial charge in [-0.2, -0.15) is 0 Å². The van der Waals surface area contributed by atoms with Gasteiger partial charge in [0, 0.05) is 6.42 Å². The second kappa shape index (κ2) is 7.48. The minimum atomic E-state index is -1.48. The summed E-state index contributed by atoms with van der Waals surface area (Å²) in [7, 11) is 0. The Bertz CT molecular complexity index is 507. The van der Waals surface area contributed by atoms with Crippen molar-refractivity contribution in [3.8, 4) is 0 Å². The van der Waals surface area contributed by atoms with Crippen LogP contribution in [0.2, 0.25) is 0 Å². The molecule has 3 heteroatoms. The van der Waals surface area contributed by atoms with Crippen LogP contribution in [-0.2, 0) is 16.0 Å². The van der Waals surface area contributed by atoms with Gasteiger partial charge in [-0.05, 0) is 43.1 Å². The molecular weight excluding hydrogens is 288 g/mol. The number of esters is 1. The van der Waals surface area contributed by atoms with Gasteiger partial charge in [-0.3, -0.25) is 0 Å². The molecule has 1 aliphatic carbocycles. The van der Waals surface area contributed by atoms with E-state index in [9.17, 15) is 9.90 Å². The van der Waals surface area contributed by atoms with Crippen LogP contribution in [0.5, 0.6) is 0 Å². The van der Waals surface area contributed by atoms with E-state index in [4.69, 9.17) is 4.74 Å². The Hall–Kier alpha value is -1.35. The lowest BCUT2D eigenvalue weighted by Gasteiger charge is -2.38. The van der Waals surface area contributed by atoms with Crippen LogP contribution in [0.1, 0.15) is 52.5 Å². The molecule has 23 heavy (non-hydrogen) atoms. The predicted molar refractivity (Wildman–Crippen MR) is 92.0 cm³/mol. The van der Waals surface area contributed by atoms with Crippen LogP contribution < -0.4 is 0 Å². The average Bonchev–Trinajstić information content (AvgIpc) is 2.47. The number of rotatable bonds is 5. The maximum absolute atomic E-state index is 12.5. The van der Waals surface area contributed by atoms with Crippen LogP contribution >= 0.6 is 0 Å². The van der Waals surface area contributed by atoms with Gasteiger partial charge in [-0.15, -0.1) is 0 Å². The minimum Gasteiger partial charge on any atom is -0.460 e. The number of benzene rings is 1. The molecule has 1 saturated carbocycles. The number of ether oxygens (including phenoxy) is 1. The molecule has 1 aromatic carbocycles. The summed E-state index contributed by atoms with van der Waals surface area (Å²) in [5.41, 5.74) is -0.546. The lowest BCUT2D eigenvalue weighted by Crippen LogP contribution is -2.44. The van der Waals surface area contributed by atoms with Crippen LogP contribution in [0, 0.1) is 17.8 Å². The first-order valence-electron chi connectivity index (χ1n) is 8.77. The van der Waals surface area contributed by atoms with E-state index in [0.29, 0.717) is 17.8 Å². The van der Waals surface area contributed by atoms with E-state index in [1.807, 2.05) is 30.3 Å². The van der Waals surface area contributed by atoms with Gasteiger partial charge < -0.3 is 9.84 Å². The Morgan fingerprint density at radius 1 is 1.30 bits per heavy atom. The summed E-state index contributed by atoms with van der Waals surface area (Å²) < 4.78 is 5.78. The quantitative estimate of drug-likeness (QED) is 0.835. The Morgan fingerprint density at radius 3 is 2.57 bits per heavy atom.